The van der Waals surface area contributed by atoms with Gasteiger partial charge >= 0.3 is 0 Å². The van der Waals surface area contributed by atoms with Gasteiger partial charge in [-0.2, -0.15) is 0 Å². The molecular formula is C17H23NO2. The highest BCUT2D eigenvalue weighted by atomic mass is 16.5. The van der Waals surface area contributed by atoms with Crippen LogP contribution in [0.5, 0.6) is 11.5 Å². The highest BCUT2D eigenvalue weighted by Crippen LogP contribution is 2.48. The van der Waals surface area contributed by atoms with Crippen LogP contribution in [0, 0.1) is 17.8 Å². The summed E-state index contributed by atoms with van der Waals surface area (Å²) in [4.78, 5) is 0. The first-order valence-electron chi connectivity index (χ1n) is 8.02. The van der Waals surface area contributed by atoms with Gasteiger partial charge in [0.05, 0.1) is 13.2 Å². The van der Waals surface area contributed by atoms with Gasteiger partial charge in [-0.1, -0.05) is 6.42 Å². The molecule has 2 fully saturated rings. The van der Waals surface area contributed by atoms with Crippen LogP contribution >= 0.6 is 0 Å². The second kappa shape index (κ2) is 5.19. The van der Waals surface area contributed by atoms with Gasteiger partial charge in [-0.25, -0.2) is 0 Å². The molecule has 0 aromatic heterocycles. The number of ether oxygens (including phenoxy) is 2. The number of fused-ring (bicyclic) bond motifs is 3. The van der Waals surface area contributed by atoms with E-state index in [4.69, 9.17) is 9.47 Å². The molecule has 3 atom stereocenters. The fourth-order valence-electron chi connectivity index (χ4n) is 4.15. The van der Waals surface area contributed by atoms with Gasteiger partial charge in [-0.3, -0.25) is 0 Å². The number of hydrogen-bond acceptors (Lipinski definition) is 3. The average Bonchev–Trinajstić information content (AvgIpc) is 3.01. The Hall–Kier alpha value is -1.38. The Morgan fingerprint density at radius 3 is 2.75 bits per heavy atom. The molecule has 1 aromatic carbocycles. The Morgan fingerprint density at radius 1 is 1.05 bits per heavy atom. The Morgan fingerprint density at radius 2 is 1.95 bits per heavy atom. The highest BCUT2D eigenvalue weighted by molar-refractivity contribution is 5.55. The summed E-state index contributed by atoms with van der Waals surface area (Å²) in [6.45, 7) is 2.62. The van der Waals surface area contributed by atoms with E-state index >= 15 is 0 Å². The lowest BCUT2D eigenvalue weighted by Crippen LogP contribution is -2.20. The van der Waals surface area contributed by atoms with Gasteiger partial charge in [0.25, 0.3) is 0 Å². The molecule has 3 heteroatoms. The second-order valence-corrected chi connectivity index (χ2v) is 6.53. The minimum atomic E-state index is 0.753. The minimum Gasteiger partial charge on any atom is -0.490 e. The van der Waals surface area contributed by atoms with Gasteiger partial charge < -0.3 is 14.8 Å². The maximum Gasteiger partial charge on any atom is 0.163 e. The molecular weight excluding hydrogens is 250 g/mol. The summed E-state index contributed by atoms with van der Waals surface area (Å²) in [6.07, 6.45) is 6.81. The molecule has 3 nitrogen and oxygen atoms in total. The zero-order valence-electron chi connectivity index (χ0n) is 11.9. The van der Waals surface area contributed by atoms with Crippen LogP contribution in [0.1, 0.15) is 32.1 Å². The van der Waals surface area contributed by atoms with E-state index in [1.807, 2.05) is 6.07 Å². The van der Waals surface area contributed by atoms with E-state index in [1.165, 1.54) is 25.7 Å². The van der Waals surface area contributed by atoms with Crippen molar-refractivity contribution >= 4 is 5.69 Å². The predicted octanol–water partition coefficient (Wildman–Crippen LogP) is 3.70. The SMILES string of the molecule is c1cc2c(cc1NCC1CC3CCC1C3)OCCCO2. The van der Waals surface area contributed by atoms with E-state index < -0.39 is 0 Å². The van der Waals surface area contributed by atoms with Crippen LogP contribution in [-0.4, -0.2) is 19.8 Å². The van der Waals surface area contributed by atoms with Gasteiger partial charge in [-0.05, 0) is 49.1 Å². The summed E-state index contributed by atoms with van der Waals surface area (Å²) >= 11 is 0. The van der Waals surface area contributed by atoms with Gasteiger partial charge in [0.2, 0.25) is 0 Å². The number of benzene rings is 1. The van der Waals surface area contributed by atoms with E-state index in [1.54, 1.807) is 0 Å². The summed E-state index contributed by atoms with van der Waals surface area (Å²) < 4.78 is 11.4. The fraction of sp³-hybridized carbons (Fsp3) is 0.647. The Bertz CT molecular complexity index is 488. The molecule has 20 heavy (non-hydrogen) atoms. The molecule has 0 amide bonds. The molecule has 1 heterocycles. The van der Waals surface area contributed by atoms with Crippen LogP contribution in [-0.2, 0) is 0 Å². The Kier molecular flexibility index (Phi) is 3.21. The Balaban J connectivity index is 1.40. The molecule has 0 spiro atoms. The van der Waals surface area contributed by atoms with Crippen LogP contribution in [0.3, 0.4) is 0 Å². The van der Waals surface area contributed by atoms with Crippen LogP contribution in [0.15, 0.2) is 18.2 Å². The van der Waals surface area contributed by atoms with Crippen molar-refractivity contribution in [1.82, 2.24) is 0 Å². The van der Waals surface area contributed by atoms with Crippen molar-refractivity contribution in [3.63, 3.8) is 0 Å². The molecule has 3 unspecified atom stereocenters. The summed E-state index contributed by atoms with van der Waals surface area (Å²) in [5.41, 5.74) is 1.16. The van der Waals surface area contributed by atoms with E-state index in [0.29, 0.717) is 0 Å². The number of anilines is 1. The summed E-state index contributed by atoms with van der Waals surface area (Å²) in [5, 5.41) is 3.61. The molecule has 1 aliphatic heterocycles. The monoisotopic (exact) mass is 273 g/mol. The quantitative estimate of drug-likeness (QED) is 0.911. The number of hydrogen-bond donors (Lipinski definition) is 1. The van der Waals surface area contributed by atoms with Crippen molar-refractivity contribution < 1.29 is 9.47 Å². The first-order valence-corrected chi connectivity index (χ1v) is 8.02. The maximum absolute atomic E-state index is 5.75. The molecule has 108 valence electrons. The summed E-state index contributed by atoms with van der Waals surface area (Å²) in [6, 6.07) is 6.23. The van der Waals surface area contributed by atoms with E-state index in [-0.39, 0.29) is 0 Å². The lowest BCUT2D eigenvalue weighted by Gasteiger charge is -2.22. The third-order valence-electron chi connectivity index (χ3n) is 5.20. The van der Waals surface area contributed by atoms with Crippen LogP contribution in [0.25, 0.3) is 0 Å². The predicted molar refractivity (Wildman–Crippen MR) is 79.5 cm³/mol. The smallest absolute Gasteiger partial charge is 0.163 e. The van der Waals surface area contributed by atoms with Crippen molar-refractivity contribution in [2.45, 2.75) is 32.1 Å². The third-order valence-corrected chi connectivity index (χ3v) is 5.20. The molecule has 0 radical (unpaired) electrons. The van der Waals surface area contributed by atoms with E-state index in [2.05, 4.69) is 17.4 Å². The standard InChI is InChI=1S/C17H23NO2/c1-6-19-16-5-4-15(10-17(16)20-7-1)18-11-14-9-12-2-3-13(14)8-12/h4-5,10,12-14,18H,1-3,6-9,11H2. The molecule has 2 bridgehead atoms. The van der Waals surface area contributed by atoms with Crippen molar-refractivity contribution in [3.8, 4) is 11.5 Å². The maximum atomic E-state index is 5.75. The van der Waals surface area contributed by atoms with E-state index in [9.17, 15) is 0 Å². The lowest BCUT2D eigenvalue weighted by atomic mass is 9.89. The molecule has 1 aromatic rings. The molecule has 3 aliphatic rings. The minimum absolute atomic E-state index is 0.753. The van der Waals surface area contributed by atoms with Crippen molar-refractivity contribution in [1.29, 1.82) is 0 Å². The molecule has 2 saturated carbocycles. The highest BCUT2D eigenvalue weighted by Gasteiger charge is 2.39. The third kappa shape index (κ3) is 2.34. The summed E-state index contributed by atoms with van der Waals surface area (Å²) in [7, 11) is 0. The average molecular weight is 273 g/mol. The van der Waals surface area contributed by atoms with Crippen molar-refractivity contribution in [2.75, 3.05) is 25.1 Å². The van der Waals surface area contributed by atoms with E-state index in [0.717, 1.165) is 61.1 Å². The number of rotatable bonds is 3. The topological polar surface area (TPSA) is 30.5 Å². The molecule has 2 aliphatic carbocycles. The van der Waals surface area contributed by atoms with Gasteiger partial charge in [0.1, 0.15) is 0 Å². The van der Waals surface area contributed by atoms with Crippen molar-refractivity contribution in [2.24, 2.45) is 17.8 Å². The zero-order chi connectivity index (χ0) is 13.4. The first kappa shape index (κ1) is 12.4. The molecule has 4 rings (SSSR count). The first-order chi connectivity index (χ1) is 9.88. The lowest BCUT2D eigenvalue weighted by molar-refractivity contribution is 0.297. The summed E-state index contributed by atoms with van der Waals surface area (Å²) in [5.74, 6) is 4.65. The normalized spacial score (nSPS) is 31.1. The van der Waals surface area contributed by atoms with Crippen LogP contribution in [0.4, 0.5) is 5.69 Å². The van der Waals surface area contributed by atoms with Crippen molar-refractivity contribution in [3.05, 3.63) is 18.2 Å². The van der Waals surface area contributed by atoms with Gasteiger partial charge in [0, 0.05) is 24.7 Å². The van der Waals surface area contributed by atoms with Gasteiger partial charge in [0.15, 0.2) is 11.5 Å². The van der Waals surface area contributed by atoms with Crippen LogP contribution < -0.4 is 14.8 Å². The largest absolute Gasteiger partial charge is 0.490 e. The second-order valence-electron chi connectivity index (χ2n) is 6.53. The zero-order valence-corrected chi connectivity index (χ0v) is 11.9. The van der Waals surface area contributed by atoms with Gasteiger partial charge in [-0.15, -0.1) is 0 Å². The van der Waals surface area contributed by atoms with Crippen LogP contribution in [0.2, 0.25) is 0 Å². The molecule has 1 N–H and O–H groups in total. The number of nitrogens with one attached hydrogen (secondary N) is 1. The Labute approximate surface area is 120 Å². The fourth-order valence-corrected chi connectivity index (χ4v) is 4.15. The molecule has 0 saturated heterocycles.